The highest BCUT2D eigenvalue weighted by Crippen LogP contribution is 2.18. The SMILES string of the molecule is COCc1cccc(NC(=O)Cc2c(C)nc3nc(SC)nn3c2C)c1. The molecule has 0 fully saturated rings. The number of hydrogen-bond acceptors (Lipinski definition) is 6. The van der Waals surface area contributed by atoms with Gasteiger partial charge in [0.1, 0.15) is 0 Å². The summed E-state index contributed by atoms with van der Waals surface area (Å²) in [5.74, 6) is 0.456. The number of fused-ring (bicyclic) bond motifs is 1. The first-order valence-corrected chi connectivity index (χ1v) is 9.39. The van der Waals surface area contributed by atoms with Gasteiger partial charge >= 0.3 is 0 Å². The van der Waals surface area contributed by atoms with Gasteiger partial charge in [-0.05, 0) is 37.8 Å². The quantitative estimate of drug-likeness (QED) is 0.671. The number of benzene rings is 1. The van der Waals surface area contributed by atoms with Crippen LogP contribution in [0, 0.1) is 13.8 Å². The molecule has 1 aromatic carbocycles. The number of nitrogens with zero attached hydrogens (tertiary/aromatic N) is 4. The van der Waals surface area contributed by atoms with Crippen molar-refractivity contribution in [1.82, 2.24) is 19.6 Å². The molecule has 26 heavy (non-hydrogen) atoms. The Labute approximate surface area is 156 Å². The van der Waals surface area contributed by atoms with E-state index < -0.39 is 0 Å². The van der Waals surface area contributed by atoms with Crippen molar-refractivity contribution >= 4 is 29.1 Å². The molecule has 0 atom stereocenters. The van der Waals surface area contributed by atoms with Crippen molar-refractivity contribution in [3.05, 3.63) is 46.8 Å². The highest BCUT2D eigenvalue weighted by molar-refractivity contribution is 7.98. The van der Waals surface area contributed by atoms with E-state index in [2.05, 4.69) is 20.4 Å². The second-order valence-electron chi connectivity index (χ2n) is 5.93. The molecular formula is C18H21N5O2S. The Morgan fingerprint density at radius 2 is 2.12 bits per heavy atom. The van der Waals surface area contributed by atoms with Gasteiger partial charge in [0, 0.05) is 29.7 Å². The van der Waals surface area contributed by atoms with Crippen LogP contribution in [0.3, 0.4) is 0 Å². The number of thioether (sulfide) groups is 1. The second-order valence-corrected chi connectivity index (χ2v) is 6.70. The van der Waals surface area contributed by atoms with Gasteiger partial charge in [-0.1, -0.05) is 23.9 Å². The molecule has 0 spiro atoms. The maximum atomic E-state index is 12.5. The third-order valence-electron chi connectivity index (χ3n) is 4.07. The van der Waals surface area contributed by atoms with E-state index in [1.807, 2.05) is 44.4 Å². The smallest absolute Gasteiger partial charge is 0.253 e. The van der Waals surface area contributed by atoms with Crippen molar-refractivity contribution in [1.29, 1.82) is 0 Å². The molecule has 2 heterocycles. The number of hydrogen-bond donors (Lipinski definition) is 1. The second kappa shape index (κ2) is 7.84. The van der Waals surface area contributed by atoms with Gasteiger partial charge in [0.2, 0.25) is 11.1 Å². The summed E-state index contributed by atoms with van der Waals surface area (Å²) in [4.78, 5) is 21.4. The molecule has 0 bridgehead atoms. The number of ether oxygens (including phenoxy) is 1. The number of methoxy groups -OCH3 is 1. The number of nitrogens with one attached hydrogen (secondary N) is 1. The fourth-order valence-electron chi connectivity index (χ4n) is 2.80. The summed E-state index contributed by atoms with van der Waals surface area (Å²) in [6, 6.07) is 7.62. The molecule has 1 amide bonds. The van der Waals surface area contributed by atoms with Crippen LogP contribution in [0.1, 0.15) is 22.5 Å². The summed E-state index contributed by atoms with van der Waals surface area (Å²) in [5.41, 5.74) is 4.29. The number of carbonyl (C=O) groups is 1. The van der Waals surface area contributed by atoms with Crippen molar-refractivity contribution < 1.29 is 9.53 Å². The number of carbonyl (C=O) groups excluding carboxylic acids is 1. The van der Waals surface area contributed by atoms with Crippen molar-refractivity contribution in [3.8, 4) is 0 Å². The molecule has 0 saturated carbocycles. The Hall–Kier alpha value is -2.45. The Balaban J connectivity index is 1.81. The van der Waals surface area contributed by atoms with E-state index in [0.29, 0.717) is 17.5 Å². The first kappa shape index (κ1) is 18.3. The van der Waals surface area contributed by atoms with Gasteiger partial charge in [-0.2, -0.15) is 4.98 Å². The molecular weight excluding hydrogens is 350 g/mol. The molecule has 8 heteroatoms. The zero-order chi connectivity index (χ0) is 18.7. The highest BCUT2D eigenvalue weighted by Gasteiger charge is 2.16. The van der Waals surface area contributed by atoms with E-state index in [4.69, 9.17) is 4.74 Å². The minimum absolute atomic E-state index is 0.0999. The average Bonchev–Trinajstić information content (AvgIpc) is 3.02. The average molecular weight is 371 g/mol. The van der Waals surface area contributed by atoms with Gasteiger partial charge in [0.05, 0.1) is 13.0 Å². The van der Waals surface area contributed by atoms with Crippen molar-refractivity contribution in [2.75, 3.05) is 18.7 Å². The number of amides is 1. The molecule has 0 aliphatic carbocycles. The Morgan fingerprint density at radius 1 is 1.31 bits per heavy atom. The molecule has 0 radical (unpaired) electrons. The summed E-state index contributed by atoms with van der Waals surface area (Å²) in [6.45, 7) is 4.33. The van der Waals surface area contributed by atoms with Crippen LogP contribution in [-0.2, 0) is 22.6 Å². The Morgan fingerprint density at radius 3 is 2.85 bits per heavy atom. The fraction of sp³-hybridized carbons (Fsp3) is 0.333. The van der Waals surface area contributed by atoms with E-state index in [-0.39, 0.29) is 12.3 Å². The van der Waals surface area contributed by atoms with Crippen molar-refractivity contribution in [2.24, 2.45) is 0 Å². The van der Waals surface area contributed by atoms with Gasteiger partial charge in [0.25, 0.3) is 5.78 Å². The summed E-state index contributed by atoms with van der Waals surface area (Å²) in [7, 11) is 1.65. The zero-order valence-electron chi connectivity index (χ0n) is 15.2. The molecule has 1 N–H and O–H groups in total. The van der Waals surface area contributed by atoms with Crippen LogP contribution in [0.4, 0.5) is 5.69 Å². The van der Waals surface area contributed by atoms with E-state index >= 15 is 0 Å². The number of anilines is 1. The number of rotatable bonds is 6. The summed E-state index contributed by atoms with van der Waals surface area (Å²) >= 11 is 1.46. The number of aryl methyl sites for hydroxylation is 2. The Bertz CT molecular complexity index is 954. The maximum absolute atomic E-state index is 12.5. The maximum Gasteiger partial charge on any atom is 0.253 e. The third-order valence-corrected chi connectivity index (χ3v) is 4.61. The van der Waals surface area contributed by atoms with Crippen LogP contribution in [0.15, 0.2) is 29.4 Å². The highest BCUT2D eigenvalue weighted by atomic mass is 32.2. The minimum atomic E-state index is -0.0999. The molecule has 3 aromatic rings. The standard InChI is InChI=1S/C18H21N5O2S/c1-11-15(12(2)23-17(19-11)21-18(22-23)26-4)9-16(24)20-14-7-5-6-13(8-14)10-25-3/h5-8H,9-10H2,1-4H3,(H,20,24). The largest absolute Gasteiger partial charge is 0.380 e. The van der Waals surface area contributed by atoms with Crippen LogP contribution in [-0.4, -0.2) is 38.9 Å². The third kappa shape index (κ3) is 3.86. The van der Waals surface area contributed by atoms with Gasteiger partial charge in [-0.25, -0.2) is 9.50 Å². The van der Waals surface area contributed by atoms with Gasteiger partial charge in [-0.15, -0.1) is 5.10 Å². The van der Waals surface area contributed by atoms with Gasteiger partial charge in [-0.3, -0.25) is 4.79 Å². The van der Waals surface area contributed by atoms with Crippen LogP contribution in [0.2, 0.25) is 0 Å². The summed E-state index contributed by atoms with van der Waals surface area (Å²) in [5, 5.41) is 8.02. The lowest BCUT2D eigenvalue weighted by Crippen LogP contribution is -2.18. The summed E-state index contributed by atoms with van der Waals surface area (Å²) < 4.78 is 6.82. The lowest BCUT2D eigenvalue weighted by molar-refractivity contribution is -0.115. The van der Waals surface area contributed by atoms with E-state index in [1.165, 1.54) is 11.8 Å². The monoisotopic (exact) mass is 371 g/mol. The predicted molar refractivity (Wildman–Crippen MR) is 102 cm³/mol. The molecule has 0 aliphatic heterocycles. The van der Waals surface area contributed by atoms with Crippen LogP contribution in [0.5, 0.6) is 0 Å². The Kier molecular flexibility index (Phi) is 5.53. The lowest BCUT2D eigenvalue weighted by atomic mass is 10.1. The molecule has 0 unspecified atom stereocenters. The van der Waals surface area contributed by atoms with Crippen LogP contribution < -0.4 is 5.32 Å². The van der Waals surface area contributed by atoms with E-state index in [9.17, 15) is 4.79 Å². The normalized spacial score (nSPS) is 11.1. The van der Waals surface area contributed by atoms with E-state index in [0.717, 1.165) is 28.2 Å². The van der Waals surface area contributed by atoms with Crippen molar-refractivity contribution in [3.63, 3.8) is 0 Å². The van der Waals surface area contributed by atoms with Gasteiger partial charge in [0.15, 0.2) is 0 Å². The van der Waals surface area contributed by atoms with Gasteiger partial charge < -0.3 is 10.1 Å². The molecule has 2 aromatic heterocycles. The fourth-order valence-corrected chi connectivity index (χ4v) is 3.14. The van der Waals surface area contributed by atoms with Crippen LogP contribution in [0.25, 0.3) is 5.78 Å². The topological polar surface area (TPSA) is 81.4 Å². The molecule has 7 nitrogen and oxygen atoms in total. The molecule has 0 aliphatic rings. The number of aromatic nitrogens is 4. The van der Waals surface area contributed by atoms with Crippen molar-refractivity contribution in [2.45, 2.75) is 32.0 Å². The zero-order valence-corrected chi connectivity index (χ0v) is 16.1. The predicted octanol–water partition coefficient (Wildman–Crippen LogP) is 2.79. The molecule has 136 valence electrons. The van der Waals surface area contributed by atoms with E-state index in [1.54, 1.807) is 11.6 Å². The lowest BCUT2D eigenvalue weighted by Gasteiger charge is -2.11. The molecule has 0 saturated heterocycles. The summed E-state index contributed by atoms with van der Waals surface area (Å²) in [6.07, 6.45) is 2.15. The minimum Gasteiger partial charge on any atom is -0.380 e. The first-order valence-electron chi connectivity index (χ1n) is 8.16. The van der Waals surface area contributed by atoms with Crippen LogP contribution >= 0.6 is 11.8 Å². The first-order chi connectivity index (χ1) is 12.5. The molecule has 3 rings (SSSR count).